The molecule has 3 nitrogen and oxygen atoms in total. The highest BCUT2D eigenvalue weighted by atomic mass is 19.1. The topological polar surface area (TPSA) is 55.5 Å². The Kier molecular flexibility index (Phi) is 5.44. The molecule has 2 unspecified atom stereocenters. The molecule has 2 aromatic rings. The molecular weight excluding hydrogens is 269 g/mol. The fourth-order valence-corrected chi connectivity index (χ4v) is 2.31. The lowest BCUT2D eigenvalue weighted by Gasteiger charge is -2.20. The first-order valence-corrected chi connectivity index (χ1v) is 6.84. The SMILES string of the molecule is COC(c1ccc(-c2ccc(CO)cc2)cc1)C(N)CF. The van der Waals surface area contributed by atoms with Gasteiger partial charge >= 0.3 is 0 Å². The van der Waals surface area contributed by atoms with Crippen LogP contribution >= 0.6 is 0 Å². The zero-order valence-electron chi connectivity index (χ0n) is 12.0. The fourth-order valence-electron chi connectivity index (χ4n) is 2.31. The smallest absolute Gasteiger partial charge is 0.107 e. The number of hydrogen-bond acceptors (Lipinski definition) is 3. The highest BCUT2D eigenvalue weighted by Gasteiger charge is 2.19. The van der Waals surface area contributed by atoms with Gasteiger partial charge in [0.05, 0.1) is 18.8 Å². The molecule has 112 valence electrons. The average molecular weight is 289 g/mol. The van der Waals surface area contributed by atoms with Gasteiger partial charge in [0.25, 0.3) is 0 Å². The molecule has 0 heterocycles. The van der Waals surface area contributed by atoms with Crippen molar-refractivity contribution in [3.63, 3.8) is 0 Å². The van der Waals surface area contributed by atoms with Gasteiger partial charge < -0.3 is 15.6 Å². The number of nitrogens with two attached hydrogens (primary N) is 1. The van der Waals surface area contributed by atoms with Crippen molar-refractivity contribution in [1.29, 1.82) is 0 Å². The van der Waals surface area contributed by atoms with Gasteiger partial charge in [-0.3, -0.25) is 0 Å². The number of hydrogen-bond donors (Lipinski definition) is 2. The number of halogens is 1. The molecule has 0 bridgehead atoms. The van der Waals surface area contributed by atoms with E-state index in [0.717, 1.165) is 22.3 Å². The van der Waals surface area contributed by atoms with Crippen molar-refractivity contribution in [2.45, 2.75) is 18.8 Å². The zero-order valence-corrected chi connectivity index (χ0v) is 12.0. The summed E-state index contributed by atoms with van der Waals surface area (Å²) < 4.78 is 18.0. The van der Waals surface area contributed by atoms with Crippen molar-refractivity contribution in [3.8, 4) is 11.1 Å². The van der Waals surface area contributed by atoms with E-state index in [1.165, 1.54) is 7.11 Å². The number of benzene rings is 2. The van der Waals surface area contributed by atoms with Crippen LogP contribution < -0.4 is 5.73 Å². The lowest BCUT2D eigenvalue weighted by Crippen LogP contribution is -2.31. The highest BCUT2D eigenvalue weighted by Crippen LogP contribution is 2.25. The Labute approximate surface area is 124 Å². The van der Waals surface area contributed by atoms with E-state index in [1.54, 1.807) is 0 Å². The van der Waals surface area contributed by atoms with Gasteiger partial charge in [0.1, 0.15) is 6.67 Å². The summed E-state index contributed by atoms with van der Waals surface area (Å²) in [6.45, 7) is -0.585. The second-order valence-electron chi connectivity index (χ2n) is 4.95. The molecule has 2 aromatic carbocycles. The van der Waals surface area contributed by atoms with E-state index in [9.17, 15) is 4.39 Å². The molecule has 2 atom stereocenters. The maximum Gasteiger partial charge on any atom is 0.107 e. The summed E-state index contributed by atoms with van der Waals surface area (Å²) in [5.74, 6) is 0. The van der Waals surface area contributed by atoms with Crippen LogP contribution in [0.5, 0.6) is 0 Å². The van der Waals surface area contributed by atoms with E-state index in [1.807, 2.05) is 48.5 Å². The Bertz CT molecular complexity index is 554. The lowest BCUT2D eigenvalue weighted by atomic mass is 9.98. The minimum atomic E-state index is -0.662. The van der Waals surface area contributed by atoms with Crippen LogP contribution in [0.4, 0.5) is 4.39 Å². The van der Waals surface area contributed by atoms with E-state index < -0.39 is 18.8 Å². The third kappa shape index (κ3) is 3.67. The van der Waals surface area contributed by atoms with E-state index in [2.05, 4.69) is 0 Å². The second-order valence-corrected chi connectivity index (χ2v) is 4.95. The minimum absolute atomic E-state index is 0.0376. The number of methoxy groups -OCH3 is 1. The molecule has 3 N–H and O–H groups in total. The molecule has 0 fully saturated rings. The first-order valence-electron chi connectivity index (χ1n) is 6.84. The maximum atomic E-state index is 12.7. The Balaban J connectivity index is 2.21. The molecule has 21 heavy (non-hydrogen) atoms. The van der Waals surface area contributed by atoms with E-state index in [4.69, 9.17) is 15.6 Å². The number of aliphatic hydroxyl groups excluding tert-OH is 1. The molecule has 0 amide bonds. The highest BCUT2D eigenvalue weighted by molar-refractivity contribution is 5.64. The average Bonchev–Trinajstić information content (AvgIpc) is 2.56. The standard InChI is InChI=1S/C17H20FNO2/c1-21-17(16(19)10-18)15-8-6-14(7-9-15)13-4-2-12(11-20)3-5-13/h2-9,16-17,20H,10-11,19H2,1H3. The Morgan fingerprint density at radius 1 is 1.05 bits per heavy atom. The number of aliphatic hydroxyl groups is 1. The van der Waals surface area contributed by atoms with E-state index >= 15 is 0 Å². The molecule has 4 heteroatoms. The summed E-state index contributed by atoms with van der Waals surface area (Å²) >= 11 is 0. The van der Waals surface area contributed by atoms with Crippen molar-refractivity contribution >= 4 is 0 Å². The Morgan fingerprint density at radius 3 is 2.00 bits per heavy atom. The largest absolute Gasteiger partial charge is 0.392 e. The summed E-state index contributed by atoms with van der Waals surface area (Å²) in [7, 11) is 1.53. The van der Waals surface area contributed by atoms with Crippen molar-refractivity contribution < 1.29 is 14.2 Å². The predicted octanol–water partition coefficient (Wildman–Crippen LogP) is 2.83. The quantitative estimate of drug-likeness (QED) is 0.859. The summed E-state index contributed by atoms with van der Waals surface area (Å²) in [6.07, 6.45) is -0.444. The van der Waals surface area contributed by atoms with Crippen LogP contribution in [0.25, 0.3) is 11.1 Å². The Morgan fingerprint density at radius 2 is 1.57 bits per heavy atom. The monoisotopic (exact) mass is 289 g/mol. The molecule has 0 aromatic heterocycles. The van der Waals surface area contributed by atoms with Crippen LogP contribution in [-0.4, -0.2) is 24.9 Å². The predicted molar refractivity (Wildman–Crippen MR) is 81.5 cm³/mol. The van der Waals surface area contributed by atoms with Gasteiger partial charge in [0.2, 0.25) is 0 Å². The van der Waals surface area contributed by atoms with Crippen LogP contribution in [0.2, 0.25) is 0 Å². The maximum absolute atomic E-state index is 12.7. The van der Waals surface area contributed by atoms with Crippen molar-refractivity contribution in [2.75, 3.05) is 13.8 Å². The van der Waals surface area contributed by atoms with E-state index in [0.29, 0.717) is 0 Å². The van der Waals surface area contributed by atoms with Crippen molar-refractivity contribution in [1.82, 2.24) is 0 Å². The van der Waals surface area contributed by atoms with Gasteiger partial charge in [0.15, 0.2) is 0 Å². The molecule has 0 aliphatic carbocycles. The van der Waals surface area contributed by atoms with Crippen molar-refractivity contribution in [2.24, 2.45) is 5.73 Å². The van der Waals surface area contributed by atoms with Gasteiger partial charge in [-0.1, -0.05) is 48.5 Å². The first-order chi connectivity index (χ1) is 10.2. The normalized spacial score (nSPS) is 13.9. The zero-order chi connectivity index (χ0) is 15.2. The molecule has 0 saturated carbocycles. The van der Waals surface area contributed by atoms with E-state index in [-0.39, 0.29) is 6.61 Å². The Hall–Kier alpha value is -1.75. The van der Waals surface area contributed by atoms with Crippen LogP contribution in [0.15, 0.2) is 48.5 Å². The lowest BCUT2D eigenvalue weighted by molar-refractivity contribution is 0.0721. The van der Waals surface area contributed by atoms with Gasteiger partial charge in [-0.05, 0) is 22.3 Å². The summed E-state index contributed by atoms with van der Waals surface area (Å²) in [5, 5.41) is 9.04. The van der Waals surface area contributed by atoms with Crippen LogP contribution in [-0.2, 0) is 11.3 Å². The van der Waals surface area contributed by atoms with Crippen LogP contribution in [0.1, 0.15) is 17.2 Å². The number of ether oxygens (including phenoxy) is 1. The van der Waals surface area contributed by atoms with Gasteiger partial charge in [0, 0.05) is 7.11 Å². The second kappa shape index (κ2) is 7.31. The number of alkyl halides is 1. The molecule has 0 aliphatic rings. The van der Waals surface area contributed by atoms with Gasteiger partial charge in [-0.2, -0.15) is 0 Å². The molecule has 0 saturated heterocycles. The van der Waals surface area contributed by atoms with Gasteiger partial charge in [-0.25, -0.2) is 4.39 Å². The molecule has 0 aliphatic heterocycles. The fraction of sp³-hybridized carbons (Fsp3) is 0.294. The molecule has 0 spiro atoms. The van der Waals surface area contributed by atoms with Gasteiger partial charge in [-0.15, -0.1) is 0 Å². The first kappa shape index (κ1) is 15.6. The summed E-state index contributed by atoms with van der Waals surface area (Å²) in [4.78, 5) is 0. The minimum Gasteiger partial charge on any atom is -0.392 e. The van der Waals surface area contributed by atoms with Crippen molar-refractivity contribution in [3.05, 3.63) is 59.7 Å². The molecular formula is C17H20FNO2. The summed E-state index contributed by atoms with van der Waals surface area (Å²) in [5.41, 5.74) is 9.56. The molecule has 2 rings (SSSR count). The molecule has 0 radical (unpaired) electrons. The number of rotatable bonds is 6. The van der Waals surface area contributed by atoms with Crippen LogP contribution in [0, 0.1) is 0 Å². The third-order valence-corrected chi connectivity index (χ3v) is 3.53. The van der Waals surface area contributed by atoms with Crippen LogP contribution in [0.3, 0.4) is 0 Å². The summed E-state index contributed by atoms with van der Waals surface area (Å²) in [6, 6.07) is 14.8. The third-order valence-electron chi connectivity index (χ3n) is 3.53.